The van der Waals surface area contributed by atoms with Crippen molar-refractivity contribution in [3.05, 3.63) is 63.6 Å². The van der Waals surface area contributed by atoms with Gasteiger partial charge in [0.25, 0.3) is 0 Å². The largest absolute Gasteiger partial charge is 0.384 e. The van der Waals surface area contributed by atoms with E-state index < -0.39 is 27.0 Å². The number of hydrogen-bond acceptors (Lipinski definition) is 5. The number of benzene rings is 2. The van der Waals surface area contributed by atoms with Crippen LogP contribution in [0.1, 0.15) is 34.8 Å². The van der Waals surface area contributed by atoms with Crippen LogP contribution in [0.2, 0.25) is 0 Å². The van der Waals surface area contributed by atoms with Gasteiger partial charge < -0.3 is 10.4 Å². The number of aromatic nitrogens is 4. The van der Waals surface area contributed by atoms with E-state index in [1.807, 2.05) is 22.6 Å². The molecule has 2 aromatic heterocycles. The molecule has 4 rings (SSSR count). The average Bonchev–Trinajstić information content (AvgIpc) is 2.95. The third-order valence-corrected chi connectivity index (χ3v) is 6.85. The van der Waals surface area contributed by atoms with Gasteiger partial charge in [-0.05, 0) is 39.0 Å². The van der Waals surface area contributed by atoms with Crippen LogP contribution >= 0.6 is 22.6 Å². The van der Waals surface area contributed by atoms with Gasteiger partial charge in [0.05, 0.1) is 22.1 Å². The number of anilines is 1. The molecule has 0 fully saturated rings. The summed E-state index contributed by atoms with van der Waals surface area (Å²) in [6.45, 7) is 3.57. The van der Waals surface area contributed by atoms with E-state index in [1.54, 1.807) is 33.2 Å². The second-order valence-corrected chi connectivity index (χ2v) is 9.97. The summed E-state index contributed by atoms with van der Waals surface area (Å²) in [6.07, 6.45) is 0. The van der Waals surface area contributed by atoms with E-state index in [0.29, 0.717) is 33.6 Å². The number of rotatable bonds is 5. The lowest BCUT2D eigenvalue weighted by Crippen LogP contribution is -2.41. The zero-order valence-electron chi connectivity index (χ0n) is 19.1. The average molecular weight is 585 g/mol. The van der Waals surface area contributed by atoms with E-state index in [1.165, 1.54) is 21.3 Å². The Labute approximate surface area is 206 Å². The molecule has 0 aliphatic heterocycles. The van der Waals surface area contributed by atoms with Crippen molar-refractivity contribution in [3.63, 3.8) is 0 Å². The van der Waals surface area contributed by atoms with Crippen molar-refractivity contribution in [1.82, 2.24) is 19.1 Å². The summed E-state index contributed by atoms with van der Waals surface area (Å²) < 4.78 is 46.9. The third-order valence-electron chi connectivity index (χ3n) is 5.87. The first kappa shape index (κ1) is 24.5. The molecule has 2 heterocycles. The molecular formula is C23H23F3IN5O2. The lowest BCUT2D eigenvalue weighted by molar-refractivity contribution is -0.170. The Morgan fingerprint density at radius 1 is 1.12 bits per heavy atom. The molecule has 34 heavy (non-hydrogen) atoms. The first-order valence-electron chi connectivity index (χ1n) is 10.4. The van der Waals surface area contributed by atoms with Gasteiger partial charge in [-0.3, -0.25) is 9.13 Å². The Kier molecular flexibility index (Phi) is 5.91. The Morgan fingerprint density at radius 3 is 2.35 bits per heavy atom. The Bertz CT molecular complexity index is 1490. The minimum absolute atomic E-state index is 0.0142. The van der Waals surface area contributed by atoms with Gasteiger partial charge in [-0.1, -0.05) is 34.7 Å². The van der Waals surface area contributed by atoms with E-state index in [2.05, 4.69) is 15.3 Å². The molecule has 0 amide bonds. The zero-order chi connectivity index (χ0) is 25.2. The smallest absolute Gasteiger partial charge is 0.328 e. The maximum Gasteiger partial charge on any atom is 0.328 e. The minimum atomic E-state index is -3.80. The highest BCUT2D eigenvalue weighted by molar-refractivity contribution is 14.1. The molecule has 0 saturated heterocycles. The lowest BCUT2D eigenvalue weighted by atomic mass is 9.92. The second-order valence-electron chi connectivity index (χ2n) is 8.73. The van der Waals surface area contributed by atoms with E-state index >= 15 is 4.39 Å². The molecule has 2 aromatic carbocycles. The number of hydrogen-bond donors (Lipinski definition) is 2. The fraction of sp³-hybridized carbons (Fsp3) is 0.348. The standard InChI is InChI=1S/C23H23F3IN5O2/c1-11-28-15-10-17-16(31(4)21(33)32(17)5)9-13(15)20(29-11)30-19(27)12-7-6-8-14(18(12)24)23(25,26)22(2,3)34/h6-10,19,34H,1-5H3,(H,28,29,30). The molecule has 11 heteroatoms. The van der Waals surface area contributed by atoms with Gasteiger partial charge in [0.15, 0.2) is 0 Å². The number of nitrogens with one attached hydrogen (secondary N) is 1. The molecule has 180 valence electrons. The van der Waals surface area contributed by atoms with Crippen molar-refractivity contribution in [3.8, 4) is 0 Å². The van der Waals surface area contributed by atoms with Crippen molar-refractivity contribution in [2.24, 2.45) is 14.1 Å². The normalized spacial score (nSPS) is 13.6. The molecule has 0 aliphatic rings. The molecule has 1 unspecified atom stereocenters. The number of aliphatic hydroxyl groups is 1. The maximum atomic E-state index is 15.2. The van der Waals surface area contributed by atoms with Gasteiger partial charge in [0, 0.05) is 25.0 Å². The summed E-state index contributed by atoms with van der Waals surface area (Å²) in [7, 11) is 3.33. The van der Waals surface area contributed by atoms with Gasteiger partial charge in [0.2, 0.25) is 0 Å². The zero-order valence-corrected chi connectivity index (χ0v) is 21.3. The Morgan fingerprint density at radius 2 is 1.74 bits per heavy atom. The van der Waals surface area contributed by atoms with Crippen molar-refractivity contribution in [1.29, 1.82) is 0 Å². The maximum absolute atomic E-state index is 15.2. The number of fused-ring (bicyclic) bond motifs is 2. The van der Waals surface area contributed by atoms with Crippen molar-refractivity contribution < 1.29 is 18.3 Å². The van der Waals surface area contributed by atoms with E-state index in [-0.39, 0.29) is 11.3 Å². The highest BCUT2D eigenvalue weighted by Crippen LogP contribution is 2.42. The molecule has 0 radical (unpaired) electrons. The van der Waals surface area contributed by atoms with Crippen LogP contribution in [0, 0.1) is 12.7 Å². The predicted molar refractivity (Wildman–Crippen MR) is 133 cm³/mol. The van der Waals surface area contributed by atoms with Gasteiger partial charge in [-0.15, -0.1) is 0 Å². The third kappa shape index (κ3) is 3.84. The van der Waals surface area contributed by atoms with E-state index in [4.69, 9.17) is 0 Å². The summed E-state index contributed by atoms with van der Waals surface area (Å²) in [5, 5.41) is 13.6. The number of halogens is 4. The fourth-order valence-electron chi connectivity index (χ4n) is 3.86. The van der Waals surface area contributed by atoms with Crippen LogP contribution < -0.4 is 11.0 Å². The monoisotopic (exact) mass is 585 g/mol. The van der Waals surface area contributed by atoms with Crippen molar-refractivity contribution in [2.45, 2.75) is 36.3 Å². The molecule has 0 spiro atoms. The summed E-state index contributed by atoms with van der Waals surface area (Å²) in [5.41, 5.74) is -1.60. The number of imidazole rings is 1. The molecule has 0 aliphatic carbocycles. The molecule has 0 saturated carbocycles. The predicted octanol–water partition coefficient (Wildman–Crippen LogP) is 4.68. The quantitative estimate of drug-likeness (QED) is 0.202. The second kappa shape index (κ2) is 8.22. The summed E-state index contributed by atoms with van der Waals surface area (Å²) in [6, 6.07) is 7.24. The van der Waals surface area contributed by atoms with Crippen LogP contribution in [0.25, 0.3) is 21.9 Å². The SMILES string of the molecule is Cc1nc(NC(I)c2cccc(C(F)(F)C(C)(C)O)c2F)c2cc3c(cc2n1)n(C)c(=O)n3C. The van der Waals surface area contributed by atoms with Crippen LogP contribution in [0.3, 0.4) is 0 Å². The number of nitrogens with zero attached hydrogens (tertiary/aromatic N) is 4. The lowest BCUT2D eigenvalue weighted by Gasteiger charge is -2.30. The van der Waals surface area contributed by atoms with Crippen LogP contribution in [-0.2, 0) is 20.0 Å². The molecule has 0 bridgehead atoms. The molecule has 4 aromatic rings. The highest BCUT2D eigenvalue weighted by atomic mass is 127. The van der Waals surface area contributed by atoms with Gasteiger partial charge in [-0.25, -0.2) is 19.2 Å². The molecule has 1 atom stereocenters. The highest BCUT2D eigenvalue weighted by Gasteiger charge is 2.49. The van der Waals surface area contributed by atoms with Crippen molar-refractivity contribution in [2.75, 3.05) is 5.32 Å². The minimum Gasteiger partial charge on any atom is -0.384 e. The number of aryl methyl sites for hydroxylation is 3. The first-order valence-corrected chi connectivity index (χ1v) is 11.6. The molecular weight excluding hydrogens is 562 g/mol. The first-order chi connectivity index (χ1) is 15.7. The number of alkyl halides is 3. The van der Waals surface area contributed by atoms with Crippen LogP contribution in [0.15, 0.2) is 35.1 Å². The van der Waals surface area contributed by atoms with Crippen LogP contribution in [0.5, 0.6) is 0 Å². The van der Waals surface area contributed by atoms with E-state index in [9.17, 15) is 18.7 Å². The van der Waals surface area contributed by atoms with Crippen LogP contribution in [-0.4, -0.2) is 29.8 Å². The van der Waals surface area contributed by atoms with Gasteiger partial charge in [-0.2, -0.15) is 8.78 Å². The molecule has 7 nitrogen and oxygen atoms in total. The summed E-state index contributed by atoms with van der Waals surface area (Å²) in [5.74, 6) is -4.09. The van der Waals surface area contributed by atoms with Gasteiger partial charge >= 0.3 is 11.6 Å². The van der Waals surface area contributed by atoms with Crippen molar-refractivity contribution >= 4 is 50.3 Å². The Balaban J connectivity index is 1.82. The van der Waals surface area contributed by atoms with Crippen LogP contribution in [0.4, 0.5) is 19.0 Å². The summed E-state index contributed by atoms with van der Waals surface area (Å²) >= 11 is 1.90. The molecule has 2 N–H and O–H groups in total. The topological polar surface area (TPSA) is 85.0 Å². The van der Waals surface area contributed by atoms with E-state index in [0.717, 1.165) is 19.9 Å². The van der Waals surface area contributed by atoms with Gasteiger partial charge in [0.1, 0.15) is 27.1 Å². The fourth-order valence-corrected chi connectivity index (χ4v) is 4.64. The summed E-state index contributed by atoms with van der Waals surface area (Å²) in [4.78, 5) is 21.3. The Hall–Kier alpha value is -2.67.